The molecule has 5 atom stereocenters. The Balaban J connectivity index is 1.55. The number of aliphatic hydroxyl groups excluding tert-OH is 1. The van der Waals surface area contributed by atoms with Gasteiger partial charge < -0.3 is 25.2 Å². The van der Waals surface area contributed by atoms with Crippen LogP contribution in [0.5, 0.6) is 0 Å². The van der Waals surface area contributed by atoms with Gasteiger partial charge in [-0.05, 0) is 102 Å². The monoisotopic (exact) mass is 422 g/mol. The summed E-state index contributed by atoms with van der Waals surface area (Å²) in [5, 5.41) is 23.0. The zero-order chi connectivity index (χ0) is 21.8. The Labute approximate surface area is 179 Å². The summed E-state index contributed by atoms with van der Waals surface area (Å²) in [6.45, 7) is 7.85. The topological polar surface area (TPSA) is 99.1 Å². The number of nitrogens with one attached hydrogen (secondary N) is 1. The molecule has 4 bridgehead atoms. The number of hydrogen-bond acceptors (Lipinski definition) is 4. The SMILES string of the molecule is CC(O)CC12CC3CC(C1)C(C1C(NC(=O)OC(C)(C)C)CCN1C(=O)O)C(C3)C2. The van der Waals surface area contributed by atoms with E-state index in [9.17, 15) is 19.8 Å². The Hall–Kier alpha value is -1.50. The van der Waals surface area contributed by atoms with Gasteiger partial charge in [-0.3, -0.25) is 0 Å². The average Bonchev–Trinajstić information content (AvgIpc) is 2.94. The van der Waals surface area contributed by atoms with Gasteiger partial charge in [-0.2, -0.15) is 0 Å². The van der Waals surface area contributed by atoms with Crippen LogP contribution in [0.25, 0.3) is 0 Å². The van der Waals surface area contributed by atoms with Gasteiger partial charge in [0.2, 0.25) is 0 Å². The quantitative estimate of drug-likeness (QED) is 0.639. The van der Waals surface area contributed by atoms with Crippen LogP contribution in [0.4, 0.5) is 9.59 Å². The Morgan fingerprint density at radius 1 is 1.20 bits per heavy atom. The number of carboxylic acid groups (broad SMARTS) is 1. The number of nitrogens with zero attached hydrogens (tertiary/aromatic N) is 1. The Bertz CT molecular complexity index is 668. The van der Waals surface area contributed by atoms with E-state index in [1.165, 1.54) is 6.42 Å². The molecule has 5 unspecified atom stereocenters. The summed E-state index contributed by atoms with van der Waals surface area (Å²) in [4.78, 5) is 26.1. The van der Waals surface area contributed by atoms with E-state index in [1.54, 1.807) is 4.90 Å². The van der Waals surface area contributed by atoms with E-state index in [4.69, 9.17) is 4.74 Å². The standard InChI is InChI=1S/C23H38N2O5/c1-13(26)9-23-10-14-7-15(11-23)18(16(8-14)12-23)19-17(5-6-25(19)21(28)29)24-20(27)30-22(2,3)4/h13-19,26H,5-12H2,1-4H3,(H,24,27)(H,28,29). The fraction of sp³-hybridized carbons (Fsp3) is 0.913. The highest BCUT2D eigenvalue weighted by atomic mass is 16.6. The van der Waals surface area contributed by atoms with E-state index in [2.05, 4.69) is 5.32 Å². The van der Waals surface area contributed by atoms with Gasteiger partial charge in [-0.25, -0.2) is 9.59 Å². The van der Waals surface area contributed by atoms with E-state index in [0.717, 1.165) is 32.1 Å². The minimum atomic E-state index is -0.888. The van der Waals surface area contributed by atoms with Crippen LogP contribution < -0.4 is 5.32 Å². The highest BCUT2D eigenvalue weighted by Gasteiger charge is 2.59. The van der Waals surface area contributed by atoms with Gasteiger partial charge in [0.15, 0.2) is 0 Å². The van der Waals surface area contributed by atoms with Crippen molar-refractivity contribution in [2.24, 2.45) is 29.1 Å². The first-order valence-corrected chi connectivity index (χ1v) is 11.6. The lowest BCUT2D eigenvalue weighted by atomic mass is 9.44. The van der Waals surface area contributed by atoms with Crippen LogP contribution in [-0.2, 0) is 4.74 Å². The zero-order valence-corrected chi connectivity index (χ0v) is 18.8. The van der Waals surface area contributed by atoms with Crippen molar-refractivity contribution in [2.75, 3.05) is 6.54 Å². The Kier molecular flexibility index (Phi) is 5.48. The van der Waals surface area contributed by atoms with E-state index < -0.39 is 17.8 Å². The summed E-state index contributed by atoms with van der Waals surface area (Å²) in [5.74, 6) is 1.93. The maximum Gasteiger partial charge on any atom is 0.407 e. The first-order chi connectivity index (χ1) is 14.0. The molecule has 0 aromatic carbocycles. The van der Waals surface area contributed by atoms with Gasteiger partial charge in [-0.15, -0.1) is 0 Å². The molecule has 30 heavy (non-hydrogen) atoms. The van der Waals surface area contributed by atoms with Gasteiger partial charge >= 0.3 is 12.2 Å². The summed E-state index contributed by atoms with van der Waals surface area (Å²) in [6.07, 6.45) is 5.55. The first kappa shape index (κ1) is 21.7. The molecule has 5 rings (SSSR count). The molecule has 4 aliphatic carbocycles. The third kappa shape index (κ3) is 4.14. The smallest absolute Gasteiger partial charge is 0.407 e. The number of carbonyl (C=O) groups is 2. The molecule has 2 amide bonds. The van der Waals surface area contributed by atoms with Crippen molar-refractivity contribution in [1.82, 2.24) is 10.2 Å². The summed E-state index contributed by atoms with van der Waals surface area (Å²) in [5.41, 5.74) is -0.359. The van der Waals surface area contributed by atoms with Gasteiger partial charge in [0.05, 0.1) is 18.2 Å². The number of hydrogen-bond donors (Lipinski definition) is 3. The highest BCUT2D eigenvalue weighted by molar-refractivity contribution is 5.69. The third-order valence-electron chi connectivity index (χ3n) is 8.00. The molecule has 0 aromatic heterocycles. The van der Waals surface area contributed by atoms with Crippen molar-refractivity contribution in [3.63, 3.8) is 0 Å². The zero-order valence-electron chi connectivity index (χ0n) is 18.8. The number of ether oxygens (including phenoxy) is 1. The van der Waals surface area contributed by atoms with Crippen molar-refractivity contribution < 1.29 is 24.5 Å². The maximum atomic E-state index is 12.5. The van der Waals surface area contributed by atoms with Crippen LogP contribution in [0.15, 0.2) is 0 Å². The minimum absolute atomic E-state index is 0.186. The first-order valence-electron chi connectivity index (χ1n) is 11.6. The second-order valence-electron chi connectivity index (χ2n) is 11.6. The number of rotatable bonds is 4. The van der Waals surface area contributed by atoms with Crippen LogP contribution in [0, 0.1) is 29.1 Å². The molecule has 1 aliphatic heterocycles. The lowest BCUT2D eigenvalue weighted by Gasteiger charge is -2.62. The van der Waals surface area contributed by atoms with Gasteiger partial charge in [0, 0.05) is 6.54 Å². The van der Waals surface area contributed by atoms with E-state index in [-0.39, 0.29) is 29.5 Å². The summed E-state index contributed by atoms with van der Waals surface area (Å²) < 4.78 is 5.47. The third-order valence-corrected chi connectivity index (χ3v) is 8.00. The summed E-state index contributed by atoms with van der Waals surface area (Å²) >= 11 is 0. The van der Waals surface area contributed by atoms with E-state index in [1.807, 2.05) is 27.7 Å². The Morgan fingerprint density at radius 2 is 1.83 bits per heavy atom. The number of amides is 2. The lowest BCUT2D eigenvalue weighted by molar-refractivity contribution is -0.127. The van der Waals surface area contributed by atoms with Gasteiger partial charge in [0.25, 0.3) is 0 Å². The molecule has 4 saturated carbocycles. The van der Waals surface area contributed by atoms with Gasteiger partial charge in [0.1, 0.15) is 5.60 Å². The van der Waals surface area contributed by atoms with E-state index in [0.29, 0.717) is 30.7 Å². The van der Waals surface area contributed by atoms with Crippen LogP contribution >= 0.6 is 0 Å². The molecule has 0 spiro atoms. The van der Waals surface area contributed by atoms with Crippen molar-refractivity contribution >= 4 is 12.2 Å². The molecule has 1 heterocycles. The lowest BCUT2D eigenvalue weighted by Crippen LogP contribution is -2.61. The molecule has 7 nitrogen and oxygen atoms in total. The molecular weight excluding hydrogens is 384 g/mol. The summed E-state index contributed by atoms with van der Waals surface area (Å²) in [6, 6.07) is -0.389. The fourth-order valence-electron chi connectivity index (χ4n) is 7.80. The van der Waals surface area contributed by atoms with Crippen molar-refractivity contribution in [3.05, 3.63) is 0 Å². The number of aliphatic hydroxyl groups is 1. The molecule has 0 radical (unpaired) electrons. The highest BCUT2D eigenvalue weighted by Crippen LogP contribution is 2.65. The van der Waals surface area contributed by atoms with E-state index >= 15 is 0 Å². The Morgan fingerprint density at radius 3 is 2.37 bits per heavy atom. The average molecular weight is 423 g/mol. The fourth-order valence-corrected chi connectivity index (χ4v) is 7.80. The molecule has 7 heteroatoms. The number of alkyl carbamates (subject to hydrolysis) is 1. The molecule has 170 valence electrons. The molecule has 3 N–H and O–H groups in total. The summed E-state index contributed by atoms with van der Waals surface area (Å²) in [7, 11) is 0. The molecule has 5 aliphatic rings. The normalized spacial score (nSPS) is 41.0. The second kappa shape index (κ2) is 7.57. The van der Waals surface area contributed by atoms with Crippen molar-refractivity contribution in [3.8, 4) is 0 Å². The second-order valence-corrected chi connectivity index (χ2v) is 11.6. The van der Waals surface area contributed by atoms with Crippen molar-refractivity contribution in [2.45, 2.75) is 96.4 Å². The molecule has 1 saturated heterocycles. The predicted octanol–water partition coefficient (Wildman–Crippen LogP) is 3.85. The molecule has 5 fully saturated rings. The number of carbonyl (C=O) groups excluding carboxylic acids is 1. The van der Waals surface area contributed by atoms with Crippen LogP contribution in [0.2, 0.25) is 0 Å². The molecule has 0 aromatic rings. The predicted molar refractivity (Wildman–Crippen MR) is 112 cm³/mol. The van der Waals surface area contributed by atoms with Gasteiger partial charge in [-0.1, -0.05) is 0 Å². The molecular formula is C23H38N2O5. The largest absolute Gasteiger partial charge is 0.465 e. The number of likely N-dealkylation sites (tertiary alicyclic amines) is 1. The van der Waals surface area contributed by atoms with Crippen LogP contribution in [0.3, 0.4) is 0 Å². The minimum Gasteiger partial charge on any atom is -0.465 e. The van der Waals surface area contributed by atoms with Crippen LogP contribution in [0.1, 0.15) is 72.6 Å². The maximum absolute atomic E-state index is 12.5. The van der Waals surface area contributed by atoms with Crippen molar-refractivity contribution in [1.29, 1.82) is 0 Å². The van der Waals surface area contributed by atoms with Crippen LogP contribution in [-0.4, -0.2) is 57.6 Å².